The summed E-state index contributed by atoms with van der Waals surface area (Å²) in [5, 5.41) is 10.4. The normalized spacial score (nSPS) is 14.8. The molecular formula is C14H21N3S. The summed E-state index contributed by atoms with van der Waals surface area (Å²) in [6, 6.07) is 2.24. The third-order valence-corrected chi connectivity index (χ3v) is 4.49. The fourth-order valence-corrected chi connectivity index (χ4v) is 3.50. The molecule has 0 radical (unpaired) electrons. The highest BCUT2D eigenvalue weighted by molar-refractivity contribution is 7.17. The van der Waals surface area contributed by atoms with Crippen LogP contribution in [0.2, 0.25) is 0 Å². The van der Waals surface area contributed by atoms with Crippen molar-refractivity contribution in [2.24, 2.45) is 5.92 Å². The van der Waals surface area contributed by atoms with Gasteiger partial charge in [-0.3, -0.25) is 0 Å². The Morgan fingerprint density at radius 3 is 2.61 bits per heavy atom. The zero-order valence-corrected chi connectivity index (χ0v) is 12.2. The molecule has 98 valence electrons. The molecule has 0 aromatic carbocycles. The Hall–Kier alpha value is -1.21. The lowest BCUT2D eigenvalue weighted by Gasteiger charge is -2.25. The van der Waals surface area contributed by atoms with Crippen LogP contribution in [-0.2, 0) is 0 Å². The minimum atomic E-state index is 0.597. The minimum absolute atomic E-state index is 0.597. The Kier molecular flexibility index (Phi) is 3.82. The van der Waals surface area contributed by atoms with Crippen LogP contribution in [0.25, 0.3) is 0 Å². The molecule has 0 bridgehead atoms. The Morgan fingerprint density at radius 1 is 1.50 bits per heavy atom. The lowest BCUT2D eigenvalue weighted by atomic mass is 10.1. The third kappa shape index (κ3) is 2.46. The monoisotopic (exact) mass is 263 g/mol. The van der Waals surface area contributed by atoms with Crippen LogP contribution >= 0.6 is 11.3 Å². The second-order valence-corrected chi connectivity index (χ2v) is 6.38. The smallest absolute Gasteiger partial charge is 0.130 e. The fourth-order valence-electron chi connectivity index (χ4n) is 2.33. The molecule has 4 heteroatoms. The summed E-state index contributed by atoms with van der Waals surface area (Å²) >= 11 is 1.57. The van der Waals surface area contributed by atoms with E-state index in [1.165, 1.54) is 23.4 Å². The summed E-state index contributed by atoms with van der Waals surface area (Å²) in [5.41, 5.74) is 8.13. The highest BCUT2D eigenvalue weighted by Gasteiger charge is 2.33. The van der Waals surface area contributed by atoms with Gasteiger partial charge in [0, 0.05) is 18.7 Å². The van der Waals surface area contributed by atoms with Crippen molar-refractivity contribution in [1.29, 1.82) is 5.26 Å². The summed E-state index contributed by atoms with van der Waals surface area (Å²) in [6.07, 6.45) is 2.44. The SMILES string of the molecule is CCN(CC(C)C)c1sc(C#N)c(N)c1C1CC1. The predicted molar refractivity (Wildman–Crippen MR) is 78.1 cm³/mol. The number of hydrogen-bond acceptors (Lipinski definition) is 4. The van der Waals surface area contributed by atoms with E-state index >= 15 is 0 Å². The highest BCUT2D eigenvalue weighted by atomic mass is 32.1. The molecule has 0 spiro atoms. The van der Waals surface area contributed by atoms with E-state index in [9.17, 15) is 0 Å². The van der Waals surface area contributed by atoms with Crippen LogP contribution in [0.15, 0.2) is 0 Å². The van der Waals surface area contributed by atoms with E-state index in [0.29, 0.717) is 16.7 Å². The number of nitrogen functional groups attached to an aromatic ring is 1. The van der Waals surface area contributed by atoms with Crippen LogP contribution in [0, 0.1) is 17.2 Å². The lowest BCUT2D eigenvalue weighted by Crippen LogP contribution is -2.27. The third-order valence-electron chi connectivity index (χ3n) is 3.31. The van der Waals surface area contributed by atoms with Gasteiger partial charge in [-0.05, 0) is 31.6 Å². The average molecular weight is 263 g/mol. The zero-order valence-electron chi connectivity index (χ0n) is 11.4. The van der Waals surface area contributed by atoms with E-state index < -0.39 is 0 Å². The van der Waals surface area contributed by atoms with Crippen molar-refractivity contribution in [3.8, 4) is 6.07 Å². The van der Waals surface area contributed by atoms with Crippen molar-refractivity contribution in [2.75, 3.05) is 23.7 Å². The van der Waals surface area contributed by atoms with Crippen LogP contribution in [0.4, 0.5) is 10.7 Å². The van der Waals surface area contributed by atoms with Gasteiger partial charge >= 0.3 is 0 Å². The molecule has 3 nitrogen and oxygen atoms in total. The summed E-state index contributed by atoms with van der Waals surface area (Å²) in [5.74, 6) is 1.21. The largest absolute Gasteiger partial charge is 0.397 e. The number of rotatable bonds is 5. The quantitative estimate of drug-likeness (QED) is 0.883. The van der Waals surface area contributed by atoms with Crippen LogP contribution in [0.3, 0.4) is 0 Å². The Morgan fingerprint density at radius 2 is 2.17 bits per heavy atom. The molecule has 1 aliphatic carbocycles. The zero-order chi connectivity index (χ0) is 13.3. The van der Waals surface area contributed by atoms with E-state index in [1.807, 2.05) is 0 Å². The molecular weight excluding hydrogens is 242 g/mol. The van der Waals surface area contributed by atoms with Gasteiger partial charge in [0.05, 0.1) is 10.7 Å². The van der Waals surface area contributed by atoms with Gasteiger partial charge in [0.1, 0.15) is 10.9 Å². The van der Waals surface area contributed by atoms with E-state index in [0.717, 1.165) is 18.8 Å². The molecule has 0 amide bonds. The molecule has 1 aromatic rings. The fraction of sp³-hybridized carbons (Fsp3) is 0.643. The number of anilines is 2. The molecule has 2 rings (SSSR count). The predicted octanol–water partition coefficient (Wildman–Crippen LogP) is 3.56. The number of nitrogens with zero attached hydrogens (tertiary/aromatic N) is 2. The van der Waals surface area contributed by atoms with Crippen LogP contribution in [0.5, 0.6) is 0 Å². The first-order valence-corrected chi connectivity index (χ1v) is 7.47. The van der Waals surface area contributed by atoms with Gasteiger partial charge in [0.2, 0.25) is 0 Å². The standard InChI is InChI=1S/C14H21N3S/c1-4-17(8-9(2)3)14-12(10-5-6-10)13(16)11(7-15)18-14/h9-10H,4-6,8,16H2,1-3H3. The number of nitriles is 1. The first kappa shape index (κ1) is 13.2. The maximum absolute atomic E-state index is 9.16. The molecule has 1 aliphatic rings. The van der Waals surface area contributed by atoms with Crippen molar-refractivity contribution >= 4 is 22.0 Å². The van der Waals surface area contributed by atoms with Gasteiger partial charge in [-0.15, -0.1) is 11.3 Å². The molecule has 0 saturated heterocycles. The summed E-state index contributed by atoms with van der Waals surface area (Å²) < 4.78 is 0. The van der Waals surface area contributed by atoms with Gasteiger partial charge in [-0.2, -0.15) is 5.26 Å². The van der Waals surface area contributed by atoms with Crippen molar-refractivity contribution in [3.05, 3.63) is 10.4 Å². The maximum Gasteiger partial charge on any atom is 0.130 e. The molecule has 1 heterocycles. The second kappa shape index (κ2) is 5.19. The number of nitrogens with two attached hydrogens (primary N) is 1. The van der Waals surface area contributed by atoms with Crippen molar-refractivity contribution in [1.82, 2.24) is 0 Å². The van der Waals surface area contributed by atoms with Crippen LogP contribution in [-0.4, -0.2) is 13.1 Å². The van der Waals surface area contributed by atoms with Gasteiger partial charge < -0.3 is 10.6 Å². The Balaban J connectivity index is 2.38. The van der Waals surface area contributed by atoms with E-state index in [1.54, 1.807) is 11.3 Å². The van der Waals surface area contributed by atoms with Gasteiger partial charge in [0.25, 0.3) is 0 Å². The average Bonchev–Trinajstić information content (AvgIpc) is 3.10. The first-order valence-electron chi connectivity index (χ1n) is 6.65. The minimum Gasteiger partial charge on any atom is -0.397 e. The molecule has 1 aromatic heterocycles. The first-order chi connectivity index (χ1) is 8.58. The van der Waals surface area contributed by atoms with Crippen LogP contribution < -0.4 is 10.6 Å². The van der Waals surface area contributed by atoms with Gasteiger partial charge in [-0.1, -0.05) is 13.8 Å². The van der Waals surface area contributed by atoms with Crippen LogP contribution in [0.1, 0.15) is 50.0 Å². The van der Waals surface area contributed by atoms with Crippen molar-refractivity contribution in [2.45, 2.75) is 39.5 Å². The summed E-state index contributed by atoms with van der Waals surface area (Å²) in [7, 11) is 0. The van der Waals surface area contributed by atoms with E-state index in [-0.39, 0.29) is 0 Å². The number of thiophene rings is 1. The molecule has 2 N–H and O–H groups in total. The molecule has 1 saturated carbocycles. The molecule has 0 aliphatic heterocycles. The molecule has 0 atom stereocenters. The van der Waals surface area contributed by atoms with E-state index in [4.69, 9.17) is 11.0 Å². The van der Waals surface area contributed by atoms with E-state index in [2.05, 4.69) is 31.7 Å². The Bertz CT molecular complexity index is 466. The maximum atomic E-state index is 9.16. The number of hydrogen-bond donors (Lipinski definition) is 1. The van der Waals surface area contributed by atoms with Gasteiger partial charge in [-0.25, -0.2) is 0 Å². The molecule has 18 heavy (non-hydrogen) atoms. The summed E-state index contributed by atoms with van der Waals surface area (Å²) in [4.78, 5) is 3.06. The Labute approximate surface area is 113 Å². The highest BCUT2D eigenvalue weighted by Crippen LogP contribution is 2.51. The lowest BCUT2D eigenvalue weighted by molar-refractivity contribution is 0.620. The van der Waals surface area contributed by atoms with Crippen molar-refractivity contribution < 1.29 is 0 Å². The summed E-state index contributed by atoms with van der Waals surface area (Å²) in [6.45, 7) is 8.62. The van der Waals surface area contributed by atoms with Gasteiger partial charge in [0.15, 0.2) is 0 Å². The second-order valence-electron chi connectivity index (χ2n) is 5.38. The van der Waals surface area contributed by atoms with Crippen molar-refractivity contribution in [3.63, 3.8) is 0 Å². The molecule has 1 fully saturated rings. The topological polar surface area (TPSA) is 53.0 Å². The molecule has 0 unspecified atom stereocenters.